The van der Waals surface area contributed by atoms with Crippen LogP contribution in [0.3, 0.4) is 0 Å². The second-order valence-corrected chi connectivity index (χ2v) is 3.60. The molecule has 82 valence electrons. The molecule has 1 heterocycles. The molecule has 0 spiro atoms. The molecule has 1 aliphatic rings. The van der Waals surface area contributed by atoms with Gasteiger partial charge in [-0.3, -0.25) is 9.69 Å². The van der Waals surface area contributed by atoms with Crippen LogP contribution >= 0.6 is 0 Å². The van der Waals surface area contributed by atoms with Gasteiger partial charge in [-0.15, -0.1) is 0 Å². The first-order chi connectivity index (χ1) is 6.77. The van der Waals surface area contributed by atoms with Crippen molar-refractivity contribution in [1.29, 1.82) is 0 Å². The van der Waals surface area contributed by atoms with E-state index in [-0.39, 0.29) is 5.91 Å². The minimum atomic E-state index is 0.260. The Bertz CT molecular complexity index is 183. The van der Waals surface area contributed by atoms with Crippen molar-refractivity contribution in [3.05, 3.63) is 0 Å². The molecule has 0 saturated carbocycles. The lowest BCUT2D eigenvalue weighted by molar-refractivity contribution is -0.135. The molecule has 0 atom stereocenters. The number of rotatable bonds is 5. The van der Waals surface area contributed by atoms with Crippen LogP contribution in [0.1, 0.15) is 13.3 Å². The fraction of sp³-hybridized carbons (Fsp3) is 0.900. The molecular formula is C10H20N2O2. The third-order valence-electron chi connectivity index (χ3n) is 2.60. The van der Waals surface area contributed by atoms with Crippen molar-refractivity contribution in [2.45, 2.75) is 13.3 Å². The summed E-state index contributed by atoms with van der Waals surface area (Å²) in [7, 11) is 1.71. The molecule has 0 aromatic rings. The maximum absolute atomic E-state index is 11.5. The van der Waals surface area contributed by atoms with Crippen molar-refractivity contribution in [2.75, 3.05) is 46.4 Å². The lowest BCUT2D eigenvalue weighted by Gasteiger charge is -2.33. The van der Waals surface area contributed by atoms with E-state index in [9.17, 15) is 4.79 Å². The summed E-state index contributed by atoms with van der Waals surface area (Å²) >= 11 is 0. The number of amides is 1. The van der Waals surface area contributed by atoms with Crippen LogP contribution in [0.2, 0.25) is 0 Å². The van der Waals surface area contributed by atoms with Gasteiger partial charge in [-0.1, -0.05) is 0 Å². The number of carbonyl (C=O) groups is 1. The molecule has 0 aromatic heterocycles. The third kappa shape index (κ3) is 3.27. The van der Waals surface area contributed by atoms with Crippen LogP contribution in [-0.2, 0) is 9.53 Å². The summed E-state index contributed by atoms with van der Waals surface area (Å²) in [6.07, 6.45) is 1.01. The minimum absolute atomic E-state index is 0.260. The van der Waals surface area contributed by atoms with E-state index in [4.69, 9.17) is 4.74 Å². The summed E-state index contributed by atoms with van der Waals surface area (Å²) in [4.78, 5) is 15.6. The van der Waals surface area contributed by atoms with E-state index in [2.05, 4.69) is 4.90 Å². The number of hydrogen-bond donors (Lipinski definition) is 0. The van der Waals surface area contributed by atoms with E-state index in [1.807, 2.05) is 11.8 Å². The second kappa shape index (κ2) is 5.98. The molecule has 0 aliphatic carbocycles. The van der Waals surface area contributed by atoms with Crippen molar-refractivity contribution in [2.24, 2.45) is 0 Å². The number of carbonyl (C=O) groups excluding carboxylic acids is 1. The first-order valence-corrected chi connectivity index (χ1v) is 5.27. The second-order valence-electron chi connectivity index (χ2n) is 3.60. The molecule has 1 amide bonds. The normalized spacial score (nSPS) is 19.0. The molecule has 0 radical (unpaired) electrons. The topological polar surface area (TPSA) is 32.8 Å². The molecule has 14 heavy (non-hydrogen) atoms. The Morgan fingerprint density at radius 1 is 1.43 bits per heavy atom. The Labute approximate surface area is 85.8 Å². The fourth-order valence-corrected chi connectivity index (χ4v) is 1.71. The SMILES string of the molecule is CCN1CCN(CCCOC)CC1=O. The summed E-state index contributed by atoms with van der Waals surface area (Å²) in [5, 5.41) is 0. The summed E-state index contributed by atoms with van der Waals surface area (Å²) in [6.45, 7) is 7.08. The van der Waals surface area contributed by atoms with E-state index in [1.54, 1.807) is 7.11 Å². The maximum Gasteiger partial charge on any atom is 0.236 e. The minimum Gasteiger partial charge on any atom is -0.385 e. The monoisotopic (exact) mass is 200 g/mol. The van der Waals surface area contributed by atoms with Gasteiger partial charge < -0.3 is 9.64 Å². The number of piperazine rings is 1. The highest BCUT2D eigenvalue weighted by Gasteiger charge is 2.21. The predicted octanol–water partition coefficient (Wildman–Crippen LogP) is 0.187. The third-order valence-corrected chi connectivity index (χ3v) is 2.60. The van der Waals surface area contributed by atoms with Crippen LogP contribution in [0.5, 0.6) is 0 Å². The molecule has 4 nitrogen and oxygen atoms in total. The van der Waals surface area contributed by atoms with Crippen molar-refractivity contribution >= 4 is 5.91 Å². The highest BCUT2D eigenvalue weighted by atomic mass is 16.5. The van der Waals surface area contributed by atoms with Gasteiger partial charge in [0.1, 0.15) is 0 Å². The molecule has 0 unspecified atom stereocenters. The van der Waals surface area contributed by atoms with Crippen molar-refractivity contribution < 1.29 is 9.53 Å². The van der Waals surface area contributed by atoms with Crippen LogP contribution in [0, 0.1) is 0 Å². The Balaban J connectivity index is 2.21. The van der Waals surface area contributed by atoms with Crippen LogP contribution in [0.4, 0.5) is 0 Å². The van der Waals surface area contributed by atoms with Gasteiger partial charge in [0.2, 0.25) is 5.91 Å². The van der Waals surface area contributed by atoms with Crippen molar-refractivity contribution in [3.8, 4) is 0 Å². The first-order valence-electron chi connectivity index (χ1n) is 5.27. The quantitative estimate of drug-likeness (QED) is 0.594. The number of methoxy groups -OCH3 is 1. The number of ether oxygens (including phenoxy) is 1. The molecule has 0 bridgehead atoms. The van der Waals surface area contributed by atoms with Crippen LogP contribution in [0.25, 0.3) is 0 Å². The number of hydrogen-bond acceptors (Lipinski definition) is 3. The van der Waals surface area contributed by atoms with Gasteiger partial charge in [-0.25, -0.2) is 0 Å². The maximum atomic E-state index is 11.5. The molecule has 0 aromatic carbocycles. The Morgan fingerprint density at radius 2 is 2.21 bits per heavy atom. The highest BCUT2D eigenvalue weighted by molar-refractivity contribution is 5.78. The fourth-order valence-electron chi connectivity index (χ4n) is 1.71. The lowest BCUT2D eigenvalue weighted by atomic mass is 10.3. The van der Waals surface area contributed by atoms with E-state index < -0.39 is 0 Å². The molecule has 1 fully saturated rings. The van der Waals surface area contributed by atoms with E-state index in [0.717, 1.165) is 39.2 Å². The molecular weight excluding hydrogens is 180 g/mol. The summed E-state index contributed by atoms with van der Waals surface area (Å²) in [6, 6.07) is 0. The molecule has 1 saturated heterocycles. The molecule has 0 N–H and O–H groups in total. The van der Waals surface area contributed by atoms with Crippen molar-refractivity contribution in [1.82, 2.24) is 9.80 Å². The van der Waals surface area contributed by atoms with E-state index >= 15 is 0 Å². The van der Waals surface area contributed by atoms with Crippen LogP contribution in [0.15, 0.2) is 0 Å². The summed E-state index contributed by atoms with van der Waals surface area (Å²) in [5.74, 6) is 0.260. The molecule has 1 aliphatic heterocycles. The van der Waals surface area contributed by atoms with Crippen molar-refractivity contribution in [3.63, 3.8) is 0 Å². The summed E-state index contributed by atoms with van der Waals surface area (Å²) in [5.41, 5.74) is 0. The van der Waals surface area contributed by atoms with Gasteiger partial charge in [0, 0.05) is 39.9 Å². The number of nitrogens with zero attached hydrogens (tertiary/aromatic N) is 2. The molecule has 1 rings (SSSR count). The van der Waals surface area contributed by atoms with Gasteiger partial charge in [0.05, 0.1) is 6.54 Å². The van der Waals surface area contributed by atoms with Crippen LogP contribution in [-0.4, -0.2) is 62.1 Å². The Morgan fingerprint density at radius 3 is 2.79 bits per heavy atom. The largest absolute Gasteiger partial charge is 0.385 e. The Hall–Kier alpha value is -0.610. The van der Waals surface area contributed by atoms with Crippen LogP contribution < -0.4 is 0 Å². The van der Waals surface area contributed by atoms with Gasteiger partial charge >= 0.3 is 0 Å². The number of likely N-dealkylation sites (N-methyl/N-ethyl adjacent to an activating group) is 1. The zero-order chi connectivity index (χ0) is 10.4. The van der Waals surface area contributed by atoms with Gasteiger partial charge in [-0.05, 0) is 13.3 Å². The highest BCUT2D eigenvalue weighted by Crippen LogP contribution is 2.03. The average Bonchev–Trinajstić information content (AvgIpc) is 2.18. The Kier molecular flexibility index (Phi) is 4.90. The van der Waals surface area contributed by atoms with Gasteiger partial charge in [0.25, 0.3) is 0 Å². The lowest BCUT2D eigenvalue weighted by Crippen LogP contribution is -2.50. The zero-order valence-electron chi connectivity index (χ0n) is 9.16. The molecule has 4 heteroatoms. The smallest absolute Gasteiger partial charge is 0.236 e. The predicted molar refractivity (Wildman–Crippen MR) is 55.2 cm³/mol. The van der Waals surface area contributed by atoms with Gasteiger partial charge in [-0.2, -0.15) is 0 Å². The van der Waals surface area contributed by atoms with E-state index in [1.165, 1.54) is 0 Å². The average molecular weight is 200 g/mol. The zero-order valence-corrected chi connectivity index (χ0v) is 9.16. The van der Waals surface area contributed by atoms with E-state index in [0.29, 0.717) is 6.54 Å². The first kappa shape index (κ1) is 11.5. The van der Waals surface area contributed by atoms with Gasteiger partial charge in [0.15, 0.2) is 0 Å². The summed E-state index contributed by atoms with van der Waals surface area (Å²) < 4.78 is 4.98. The standard InChI is InChI=1S/C10H20N2O2/c1-3-12-7-6-11(9-10(12)13)5-4-8-14-2/h3-9H2,1-2H3.